The first-order chi connectivity index (χ1) is 13.8. The van der Waals surface area contributed by atoms with Gasteiger partial charge in [-0.05, 0) is 55.0 Å². The third-order valence-electron chi connectivity index (χ3n) is 5.05. The predicted molar refractivity (Wildman–Crippen MR) is 118 cm³/mol. The van der Waals surface area contributed by atoms with Crippen LogP contribution in [0.5, 0.6) is 0 Å². The van der Waals surface area contributed by atoms with Gasteiger partial charge >= 0.3 is 0 Å². The van der Waals surface area contributed by atoms with Gasteiger partial charge in [-0.3, -0.25) is 9.10 Å². The summed E-state index contributed by atoms with van der Waals surface area (Å²) in [5.41, 5.74) is 2.78. The van der Waals surface area contributed by atoms with Crippen molar-refractivity contribution in [2.75, 3.05) is 17.1 Å². The molecule has 0 bridgehead atoms. The summed E-state index contributed by atoms with van der Waals surface area (Å²) in [6, 6.07) is 12.9. The highest BCUT2D eigenvalue weighted by Crippen LogP contribution is 2.31. The molecule has 0 heterocycles. The molecule has 1 unspecified atom stereocenters. The van der Waals surface area contributed by atoms with Crippen molar-refractivity contribution in [1.82, 2.24) is 5.32 Å². The van der Waals surface area contributed by atoms with Crippen LogP contribution in [0.25, 0.3) is 0 Å². The fourth-order valence-corrected chi connectivity index (χ4v) is 5.10. The van der Waals surface area contributed by atoms with E-state index in [2.05, 4.69) is 17.4 Å². The maximum Gasteiger partial charge on any atom is 0.232 e. The van der Waals surface area contributed by atoms with Crippen molar-refractivity contribution < 1.29 is 13.2 Å². The SMILES string of the molecule is CS(=O)(=O)N(CCCC(=O)NC1CCCc2ccccc21)c1cc(Cl)ccc1Cl. The van der Waals surface area contributed by atoms with Crippen molar-refractivity contribution in [3.63, 3.8) is 0 Å². The molecule has 2 aromatic rings. The first-order valence-electron chi connectivity index (χ1n) is 9.55. The van der Waals surface area contributed by atoms with Crippen molar-refractivity contribution in [3.05, 3.63) is 63.6 Å². The van der Waals surface area contributed by atoms with Crippen LogP contribution in [0, 0.1) is 0 Å². The van der Waals surface area contributed by atoms with Gasteiger partial charge in [-0.2, -0.15) is 0 Å². The van der Waals surface area contributed by atoms with Gasteiger partial charge in [0.1, 0.15) is 0 Å². The third kappa shape index (κ3) is 5.65. The normalized spacial score (nSPS) is 16.2. The van der Waals surface area contributed by atoms with Gasteiger partial charge in [0.25, 0.3) is 0 Å². The van der Waals surface area contributed by atoms with E-state index in [-0.39, 0.29) is 24.9 Å². The highest BCUT2D eigenvalue weighted by molar-refractivity contribution is 7.92. The second kappa shape index (κ2) is 9.37. The average molecular weight is 455 g/mol. The minimum atomic E-state index is -3.56. The summed E-state index contributed by atoms with van der Waals surface area (Å²) in [7, 11) is -3.56. The number of fused-ring (bicyclic) bond motifs is 1. The Kier molecular flexibility index (Phi) is 7.09. The Morgan fingerprint density at radius 2 is 1.97 bits per heavy atom. The Bertz CT molecular complexity index is 995. The van der Waals surface area contributed by atoms with Gasteiger partial charge in [-0.15, -0.1) is 0 Å². The maximum atomic E-state index is 12.5. The van der Waals surface area contributed by atoms with Crippen molar-refractivity contribution in [2.45, 2.75) is 38.1 Å². The number of nitrogens with zero attached hydrogens (tertiary/aromatic N) is 1. The van der Waals surface area contributed by atoms with Crippen LogP contribution in [0.4, 0.5) is 5.69 Å². The van der Waals surface area contributed by atoms with Crippen molar-refractivity contribution in [1.29, 1.82) is 0 Å². The Hall–Kier alpha value is -1.76. The summed E-state index contributed by atoms with van der Waals surface area (Å²) >= 11 is 12.2. The summed E-state index contributed by atoms with van der Waals surface area (Å²) in [6.45, 7) is 0.146. The zero-order valence-electron chi connectivity index (χ0n) is 16.2. The van der Waals surface area contributed by atoms with Crippen LogP contribution in [0.3, 0.4) is 0 Å². The maximum absolute atomic E-state index is 12.5. The van der Waals surface area contributed by atoms with E-state index in [4.69, 9.17) is 23.2 Å². The summed E-state index contributed by atoms with van der Waals surface area (Å²) < 4.78 is 25.7. The van der Waals surface area contributed by atoms with E-state index in [9.17, 15) is 13.2 Å². The third-order valence-corrected chi connectivity index (χ3v) is 6.78. The molecule has 29 heavy (non-hydrogen) atoms. The number of amides is 1. The van der Waals surface area contributed by atoms with Crippen LogP contribution in [0.2, 0.25) is 10.0 Å². The fourth-order valence-electron chi connectivity index (χ4n) is 3.70. The van der Waals surface area contributed by atoms with E-state index in [1.165, 1.54) is 21.5 Å². The van der Waals surface area contributed by atoms with Crippen molar-refractivity contribution in [3.8, 4) is 0 Å². The molecule has 0 aromatic heterocycles. The molecule has 1 atom stereocenters. The molecule has 0 aliphatic heterocycles. The number of carbonyl (C=O) groups excluding carboxylic acids is 1. The molecule has 1 aliphatic rings. The number of rotatable bonds is 7. The lowest BCUT2D eigenvalue weighted by Gasteiger charge is -2.27. The molecule has 0 saturated carbocycles. The van der Waals surface area contributed by atoms with Gasteiger partial charge in [0, 0.05) is 18.0 Å². The number of carbonyl (C=O) groups is 1. The second-order valence-corrected chi connectivity index (χ2v) is 10.00. The minimum Gasteiger partial charge on any atom is -0.349 e. The Labute approximate surface area is 182 Å². The molecular weight excluding hydrogens is 431 g/mol. The highest BCUT2D eigenvalue weighted by Gasteiger charge is 2.23. The van der Waals surface area contributed by atoms with E-state index >= 15 is 0 Å². The van der Waals surface area contributed by atoms with E-state index in [1.807, 2.05) is 12.1 Å². The monoisotopic (exact) mass is 454 g/mol. The molecule has 1 amide bonds. The number of nitrogens with one attached hydrogen (secondary N) is 1. The lowest BCUT2D eigenvalue weighted by atomic mass is 9.87. The molecule has 1 N–H and O–H groups in total. The smallest absolute Gasteiger partial charge is 0.232 e. The lowest BCUT2D eigenvalue weighted by molar-refractivity contribution is -0.122. The molecule has 0 saturated heterocycles. The van der Waals surface area contributed by atoms with Gasteiger partial charge in [-0.1, -0.05) is 47.5 Å². The van der Waals surface area contributed by atoms with Gasteiger partial charge < -0.3 is 5.32 Å². The zero-order valence-corrected chi connectivity index (χ0v) is 18.5. The van der Waals surface area contributed by atoms with Gasteiger partial charge in [0.15, 0.2) is 0 Å². The van der Waals surface area contributed by atoms with Crippen molar-refractivity contribution >= 4 is 44.8 Å². The van der Waals surface area contributed by atoms with Gasteiger partial charge in [0.2, 0.25) is 15.9 Å². The van der Waals surface area contributed by atoms with Gasteiger partial charge in [-0.25, -0.2) is 8.42 Å². The largest absolute Gasteiger partial charge is 0.349 e. The van der Waals surface area contributed by atoms with Crippen LogP contribution in [-0.2, 0) is 21.2 Å². The Balaban J connectivity index is 1.62. The quantitative estimate of drug-likeness (QED) is 0.656. The number of benzene rings is 2. The summed E-state index contributed by atoms with van der Waals surface area (Å²) in [5, 5.41) is 3.78. The Morgan fingerprint density at radius 1 is 1.21 bits per heavy atom. The standard InChI is InChI=1S/C21H24Cl2N2O3S/c1-29(27,28)25(20-14-16(22)11-12-18(20)23)13-5-10-21(26)24-19-9-4-7-15-6-2-3-8-17(15)19/h2-3,6,8,11-12,14,19H,4-5,7,9-10,13H2,1H3,(H,24,26). The first-order valence-corrected chi connectivity index (χ1v) is 12.2. The Morgan fingerprint density at radius 3 is 2.72 bits per heavy atom. The van der Waals surface area contributed by atoms with Crippen LogP contribution < -0.4 is 9.62 Å². The lowest BCUT2D eigenvalue weighted by Crippen LogP contribution is -2.34. The first kappa shape index (κ1) is 21.9. The van der Waals surface area contributed by atoms with E-state index in [0.717, 1.165) is 25.5 Å². The molecule has 2 aromatic carbocycles. The highest BCUT2D eigenvalue weighted by atomic mass is 35.5. The summed E-state index contributed by atoms with van der Waals surface area (Å²) in [6.07, 6.45) is 4.70. The van der Waals surface area contributed by atoms with Crippen molar-refractivity contribution in [2.24, 2.45) is 0 Å². The number of aryl methyl sites for hydroxylation is 1. The summed E-state index contributed by atoms with van der Waals surface area (Å²) in [4.78, 5) is 12.5. The molecule has 8 heteroatoms. The molecule has 156 valence electrons. The molecule has 0 fully saturated rings. The predicted octanol–water partition coefficient (Wildman–Crippen LogP) is 4.73. The second-order valence-electron chi connectivity index (χ2n) is 7.25. The molecule has 0 radical (unpaired) electrons. The van der Waals surface area contributed by atoms with Crippen LogP contribution >= 0.6 is 23.2 Å². The molecule has 1 aliphatic carbocycles. The molecule has 3 rings (SSSR count). The van der Waals surface area contributed by atoms with Crippen LogP contribution in [0.1, 0.15) is 42.9 Å². The fraction of sp³-hybridized carbons (Fsp3) is 0.381. The number of hydrogen-bond acceptors (Lipinski definition) is 3. The summed E-state index contributed by atoms with van der Waals surface area (Å²) in [5.74, 6) is -0.0858. The molecule has 0 spiro atoms. The number of sulfonamides is 1. The van der Waals surface area contributed by atoms with Gasteiger partial charge in [0.05, 0.1) is 23.0 Å². The van der Waals surface area contributed by atoms with Crippen LogP contribution in [-0.4, -0.2) is 27.1 Å². The average Bonchev–Trinajstić information content (AvgIpc) is 2.67. The molecular formula is C21H24Cl2N2O3S. The van der Waals surface area contributed by atoms with Crippen LogP contribution in [0.15, 0.2) is 42.5 Å². The zero-order chi connectivity index (χ0) is 21.0. The van der Waals surface area contributed by atoms with E-state index < -0.39 is 10.0 Å². The topological polar surface area (TPSA) is 66.5 Å². The number of anilines is 1. The number of halogens is 2. The minimum absolute atomic E-state index is 0.0147. The molecule has 5 nitrogen and oxygen atoms in total. The van der Waals surface area contributed by atoms with E-state index in [0.29, 0.717) is 22.2 Å². The number of hydrogen-bond donors (Lipinski definition) is 1. The van der Waals surface area contributed by atoms with E-state index in [1.54, 1.807) is 12.1 Å².